The van der Waals surface area contributed by atoms with Crippen LogP contribution in [0.15, 0.2) is 23.4 Å². The fraction of sp³-hybridized carbons (Fsp3) is 0.364. The van der Waals surface area contributed by atoms with E-state index in [1.54, 1.807) is 6.07 Å². The number of carbonyl (C=O) groups is 1. The van der Waals surface area contributed by atoms with Crippen LogP contribution in [0.5, 0.6) is 0 Å². The topological polar surface area (TPSA) is 74.0 Å². The highest BCUT2D eigenvalue weighted by atomic mass is 32.2. The van der Waals surface area contributed by atoms with Gasteiger partial charge in [-0.15, -0.1) is 11.8 Å². The average Bonchev–Trinajstić information content (AvgIpc) is 2.29. The Kier molecular flexibility index (Phi) is 5.37. The largest absolute Gasteiger partial charge is 0.478 e. The number of aromatic carboxylic acids is 1. The summed E-state index contributed by atoms with van der Waals surface area (Å²) in [6, 6.07) is 5.13. The second-order valence-corrected chi connectivity index (χ2v) is 4.27. The van der Waals surface area contributed by atoms with Crippen molar-refractivity contribution in [2.45, 2.75) is 24.3 Å². The number of rotatable bonds is 6. The summed E-state index contributed by atoms with van der Waals surface area (Å²) in [6.07, 6.45) is 3.89. The third kappa shape index (κ3) is 4.32. The highest BCUT2D eigenvalue weighted by Crippen LogP contribution is 2.18. The summed E-state index contributed by atoms with van der Waals surface area (Å²) < 4.78 is 0. The molecule has 0 aliphatic heterocycles. The molecule has 0 unspecified atom stereocenters. The Labute approximate surface area is 98.3 Å². The van der Waals surface area contributed by atoms with Crippen molar-refractivity contribution in [3.8, 4) is 6.07 Å². The lowest BCUT2D eigenvalue weighted by atomic mass is 10.3. The molecule has 0 saturated heterocycles. The molecule has 0 aromatic carbocycles. The molecule has 0 saturated carbocycles. The smallest absolute Gasteiger partial charge is 0.335 e. The Morgan fingerprint density at radius 3 is 3.06 bits per heavy atom. The molecule has 84 valence electrons. The number of nitrogens with zero attached hydrogens (tertiary/aromatic N) is 2. The number of pyridine rings is 1. The number of carboxylic acids is 1. The maximum atomic E-state index is 10.7. The van der Waals surface area contributed by atoms with Crippen LogP contribution < -0.4 is 0 Å². The maximum Gasteiger partial charge on any atom is 0.335 e. The lowest BCUT2D eigenvalue weighted by molar-refractivity contribution is 0.0696. The van der Waals surface area contributed by atoms with Crippen molar-refractivity contribution < 1.29 is 9.90 Å². The Bertz CT molecular complexity index is 401. The molecule has 1 aromatic rings. The molecule has 1 aromatic heterocycles. The first-order valence-electron chi connectivity index (χ1n) is 4.93. The fourth-order valence-corrected chi connectivity index (χ4v) is 2.01. The van der Waals surface area contributed by atoms with Gasteiger partial charge in [-0.3, -0.25) is 0 Å². The SMILES string of the molecule is N#CCCCCSc1cc(C(=O)O)ccn1. The molecule has 0 atom stereocenters. The van der Waals surface area contributed by atoms with E-state index < -0.39 is 5.97 Å². The minimum Gasteiger partial charge on any atom is -0.478 e. The number of carboxylic acid groups (broad SMARTS) is 1. The van der Waals surface area contributed by atoms with Crippen molar-refractivity contribution in [3.63, 3.8) is 0 Å². The van der Waals surface area contributed by atoms with Crippen LogP contribution >= 0.6 is 11.8 Å². The molecule has 5 heteroatoms. The van der Waals surface area contributed by atoms with Crippen LogP contribution in [-0.2, 0) is 0 Å². The van der Waals surface area contributed by atoms with Gasteiger partial charge in [0.2, 0.25) is 0 Å². The van der Waals surface area contributed by atoms with Gasteiger partial charge in [0.1, 0.15) is 0 Å². The van der Waals surface area contributed by atoms with Crippen LogP contribution in [0.4, 0.5) is 0 Å². The summed E-state index contributed by atoms with van der Waals surface area (Å²) >= 11 is 1.52. The monoisotopic (exact) mass is 236 g/mol. The first-order valence-corrected chi connectivity index (χ1v) is 5.91. The van der Waals surface area contributed by atoms with Gasteiger partial charge in [0, 0.05) is 12.6 Å². The number of hydrogen-bond donors (Lipinski definition) is 1. The van der Waals surface area contributed by atoms with Crippen molar-refractivity contribution >= 4 is 17.7 Å². The maximum absolute atomic E-state index is 10.7. The molecular weight excluding hydrogens is 224 g/mol. The highest BCUT2D eigenvalue weighted by Gasteiger charge is 2.04. The van der Waals surface area contributed by atoms with Crippen molar-refractivity contribution in [2.75, 3.05) is 5.75 Å². The number of unbranched alkanes of at least 4 members (excludes halogenated alkanes) is 2. The summed E-state index contributed by atoms with van der Waals surface area (Å²) in [5.74, 6) is -0.0775. The Morgan fingerprint density at radius 2 is 2.38 bits per heavy atom. The third-order valence-corrected chi connectivity index (χ3v) is 2.93. The second-order valence-electron chi connectivity index (χ2n) is 3.15. The summed E-state index contributed by atoms with van der Waals surface area (Å²) in [5.41, 5.74) is 0.259. The van der Waals surface area contributed by atoms with Gasteiger partial charge < -0.3 is 5.11 Å². The molecule has 0 fully saturated rings. The number of nitriles is 1. The Morgan fingerprint density at radius 1 is 1.56 bits per heavy atom. The number of aromatic nitrogens is 1. The summed E-state index contributed by atoms with van der Waals surface area (Å²) in [6.45, 7) is 0. The molecule has 0 aliphatic rings. The minimum absolute atomic E-state index is 0.259. The van der Waals surface area contributed by atoms with Gasteiger partial charge in [-0.05, 0) is 30.7 Å². The van der Waals surface area contributed by atoms with Crippen LogP contribution in [0.3, 0.4) is 0 Å². The molecule has 0 aliphatic carbocycles. The molecule has 0 spiro atoms. The van der Waals surface area contributed by atoms with Gasteiger partial charge in [-0.1, -0.05) is 0 Å². The van der Waals surface area contributed by atoms with E-state index in [0.29, 0.717) is 6.42 Å². The fourth-order valence-electron chi connectivity index (χ4n) is 1.10. The average molecular weight is 236 g/mol. The van der Waals surface area contributed by atoms with E-state index in [1.807, 2.05) is 0 Å². The predicted octanol–water partition coefficient (Wildman–Crippen LogP) is 2.57. The highest BCUT2D eigenvalue weighted by molar-refractivity contribution is 7.99. The first kappa shape index (κ1) is 12.5. The molecule has 16 heavy (non-hydrogen) atoms. The van der Waals surface area contributed by atoms with Gasteiger partial charge in [0.05, 0.1) is 16.7 Å². The zero-order chi connectivity index (χ0) is 11.8. The van der Waals surface area contributed by atoms with Crippen LogP contribution in [0.25, 0.3) is 0 Å². The van der Waals surface area contributed by atoms with Gasteiger partial charge in [0.25, 0.3) is 0 Å². The van der Waals surface area contributed by atoms with E-state index in [-0.39, 0.29) is 5.56 Å². The molecule has 0 bridgehead atoms. The third-order valence-electron chi connectivity index (χ3n) is 1.91. The second kappa shape index (κ2) is 6.85. The summed E-state index contributed by atoms with van der Waals surface area (Å²) in [5, 5.41) is 17.8. The predicted molar refractivity (Wildman–Crippen MR) is 61.4 cm³/mol. The molecule has 4 nitrogen and oxygen atoms in total. The van der Waals surface area contributed by atoms with Crippen molar-refractivity contribution in [3.05, 3.63) is 23.9 Å². The Balaban J connectivity index is 2.39. The zero-order valence-corrected chi connectivity index (χ0v) is 9.54. The standard InChI is InChI=1S/C11H12N2O2S/c12-5-2-1-3-7-16-10-8-9(11(14)15)4-6-13-10/h4,6,8H,1-3,7H2,(H,14,15). The van der Waals surface area contributed by atoms with E-state index in [4.69, 9.17) is 10.4 Å². The van der Waals surface area contributed by atoms with Crippen LogP contribution in [0.1, 0.15) is 29.6 Å². The van der Waals surface area contributed by atoms with Crippen molar-refractivity contribution in [2.24, 2.45) is 0 Å². The summed E-state index contributed by atoms with van der Waals surface area (Å²) in [4.78, 5) is 14.8. The van der Waals surface area contributed by atoms with E-state index in [1.165, 1.54) is 24.0 Å². The molecule has 1 N–H and O–H groups in total. The van der Waals surface area contributed by atoms with Gasteiger partial charge in [-0.2, -0.15) is 5.26 Å². The molecule has 0 amide bonds. The van der Waals surface area contributed by atoms with E-state index in [2.05, 4.69) is 11.1 Å². The number of thioether (sulfide) groups is 1. The normalized spacial score (nSPS) is 9.69. The van der Waals surface area contributed by atoms with Crippen LogP contribution in [0.2, 0.25) is 0 Å². The lowest BCUT2D eigenvalue weighted by Crippen LogP contribution is -1.96. The quantitative estimate of drug-likeness (QED) is 0.607. The molecular formula is C11H12N2O2S. The van der Waals surface area contributed by atoms with Gasteiger partial charge >= 0.3 is 5.97 Å². The zero-order valence-electron chi connectivity index (χ0n) is 8.72. The van der Waals surface area contributed by atoms with Crippen molar-refractivity contribution in [1.82, 2.24) is 4.98 Å². The number of hydrogen-bond acceptors (Lipinski definition) is 4. The van der Waals surface area contributed by atoms with Crippen LogP contribution in [-0.4, -0.2) is 21.8 Å². The molecule has 1 rings (SSSR count). The van der Waals surface area contributed by atoms with E-state index in [0.717, 1.165) is 23.6 Å². The van der Waals surface area contributed by atoms with E-state index >= 15 is 0 Å². The van der Waals surface area contributed by atoms with E-state index in [9.17, 15) is 4.79 Å². The van der Waals surface area contributed by atoms with Gasteiger partial charge in [-0.25, -0.2) is 9.78 Å². The van der Waals surface area contributed by atoms with Crippen LogP contribution in [0, 0.1) is 11.3 Å². The molecule has 1 heterocycles. The van der Waals surface area contributed by atoms with Gasteiger partial charge in [0.15, 0.2) is 0 Å². The first-order chi connectivity index (χ1) is 7.74. The van der Waals surface area contributed by atoms with Crippen molar-refractivity contribution in [1.29, 1.82) is 5.26 Å². The minimum atomic E-state index is -0.936. The summed E-state index contributed by atoms with van der Waals surface area (Å²) in [7, 11) is 0. The lowest BCUT2D eigenvalue weighted by Gasteiger charge is -2.00. The molecule has 0 radical (unpaired) electrons. The Hall–Kier alpha value is -1.54.